The Labute approximate surface area is 175 Å². The van der Waals surface area contributed by atoms with Crippen LogP contribution in [0, 0.1) is 11.3 Å². The SMILES string of the molecule is COc1ccc(N2C(=O)[C@@H]3C4c5ccccc5C(c5ccccc54)[C@@]3(C)C2=O)cc1. The maximum absolute atomic E-state index is 13.9. The number of rotatable bonds is 2. The first-order chi connectivity index (χ1) is 14.6. The maximum Gasteiger partial charge on any atom is 0.241 e. The molecule has 4 aliphatic rings. The van der Waals surface area contributed by atoms with Crippen LogP contribution in [0.1, 0.15) is 41.0 Å². The van der Waals surface area contributed by atoms with Gasteiger partial charge in [-0.25, -0.2) is 4.90 Å². The second kappa shape index (κ2) is 5.82. The molecule has 4 heteroatoms. The fourth-order valence-electron chi connectivity index (χ4n) is 6.09. The molecule has 30 heavy (non-hydrogen) atoms. The minimum Gasteiger partial charge on any atom is -0.497 e. The van der Waals surface area contributed by atoms with Gasteiger partial charge in [0.05, 0.1) is 24.1 Å². The molecule has 148 valence electrons. The van der Waals surface area contributed by atoms with E-state index in [0.29, 0.717) is 11.4 Å². The van der Waals surface area contributed by atoms with Crippen molar-refractivity contribution >= 4 is 17.5 Å². The molecule has 1 fully saturated rings. The van der Waals surface area contributed by atoms with Crippen LogP contribution in [0.5, 0.6) is 5.75 Å². The lowest BCUT2D eigenvalue weighted by Crippen LogP contribution is -2.49. The van der Waals surface area contributed by atoms with E-state index in [9.17, 15) is 9.59 Å². The van der Waals surface area contributed by atoms with Gasteiger partial charge >= 0.3 is 0 Å². The lowest BCUT2D eigenvalue weighted by atomic mass is 9.48. The normalized spacial score (nSPS) is 28.2. The van der Waals surface area contributed by atoms with E-state index < -0.39 is 11.3 Å². The summed E-state index contributed by atoms with van der Waals surface area (Å²) in [6.07, 6.45) is 0. The Morgan fingerprint density at radius 1 is 0.800 bits per heavy atom. The number of amides is 2. The van der Waals surface area contributed by atoms with E-state index in [0.717, 1.165) is 0 Å². The van der Waals surface area contributed by atoms with Crippen molar-refractivity contribution in [2.24, 2.45) is 11.3 Å². The lowest BCUT2D eigenvalue weighted by Gasteiger charge is -2.51. The van der Waals surface area contributed by atoms with Crippen molar-refractivity contribution in [3.05, 3.63) is 95.1 Å². The summed E-state index contributed by atoms with van der Waals surface area (Å²) >= 11 is 0. The second-order valence-corrected chi connectivity index (χ2v) is 8.61. The molecule has 0 unspecified atom stereocenters. The highest BCUT2D eigenvalue weighted by atomic mass is 16.5. The van der Waals surface area contributed by atoms with Crippen LogP contribution in [0.3, 0.4) is 0 Å². The Kier molecular flexibility index (Phi) is 3.39. The topological polar surface area (TPSA) is 46.6 Å². The molecular formula is C26H21NO3. The van der Waals surface area contributed by atoms with Crippen molar-refractivity contribution in [1.82, 2.24) is 0 Å². The quantitative estimate of drug-likeness (QED) is 0.601. The summed E-state index contributed by atoms with van der Waals surface area (Å²) in [6.45, 7) is 1.99. The first kappa shape index (κ1) is 17.5. The number of nitrogens with zero attached hydrogens (tertiary/aromatic N) is 1. The Balaban J connectivity index is 1.58. The van der Waals surface area contributed by atoms with Gasteiger partial charge in [0.15, 0.2) is 0 Å². The van der Waals surface area contributed by atoms with Crippen LogP contribution in [-0.4, -0.2) is 18.9 Å². The highest BCUT2D eigenvalue weighted by Crippen LogP contribution is 2.67. The maximum atomic E-state index is 13.9. The summed E-state index contributed by atoms with van der Waals surface area (Å²) in [5.41, 5.74) is 4.52. The van der Waals surface area contributed by atoms with Gasteiger partial charge in [0.1, 0.15) is 5.75 Å². The number of carbonyl (C=O) groups excluding carboxylic acids is 2. The molecule has 3 aromatic rings. The summed E-state index contributed by atoms with van der Waals surface area (Å²) < 4.78 is 5.24. The summed E-state index contributed by atoms with van der Waals surface area (Å²) in [5.74, 6) is -0.150. The third-order valence-corrected chi connectivity index (χ3v) is 7.34. The highest BCUT2D eigenvalue weighted by Gasteiger charge is 2.68. The standard InChI is InChI=1S/C26H21NO3/c1-26-22-19-9-5-3-7-17(19)21(18-8-4-6-10-20(18)22)23(26)24(28)27(25(26)29)15-11-13-16(30-2)14-12-15/h3-14,21-23H,1-2H3/t21?,22?,23-,26+/m0/s1. The zero-order chi connectivity index (χ0) is 20.6. The monoisotopic (exact) mass is 395 g/mol. The molecule has 0 spiro atoms. The molecule has 4 nitrogen and oxygen atoms in total. The molecule has 0 saturated carbocycles. The molecule has 1 heterocycles. The molecule has 2 atom stereocenters. The third kappa shape index (κ3) is 1.91. The van der Waals surface area contributed by atoms with E-state index in [1.807, 2.05) is 31.2 Å². The van der Waals surface area contributed by atoms with Crippen molar-refractivity contribution in [2.75, 3.05) is 12.0 Å². The third-order valence-electron chi connectivity index (χ3n) is 7.34. The molecule has 1 aliphatic heterocycles. The number of carbonyl (C=O) groups is 2. The molecule has 0 N–H and O–H groups in total. The van der Waals surface area contributed by atoms with Crippen molar-refractivity contribution in [3.63, 3.8) is 0 Å². The van der Waals surface area contributed by atoms with Gasteiger partial charge in [-0.05, 0) is 53.4 Å². The minimum atomic E-state index is -0.801. The smallest absolute Gasteiger partial charge is 0.241 e. The van der Waals surface area contributed by atoms with Crippen molar-refractivity contribution in [2.45, 2.75) is 18.8 Å². The minimum absolute atomic E-state index is 0.105. The highest BCUT2D eigenvalue weighted by molar-refractivity contribution is 6.25. The zero-order valence-corrected chi connectivity index (χ0v) is 16.8. The Morgan fingerprint density at radius 3 is 1.87 bits per heavy atom. The van der Waals surface area contributed by atoms with E-state index in [2.05, 4.69) is 24.3 Å². The van der Waals surface area contributed by atoms with Crippen LogP contribution in [-0.2, 0) is 9.59 Å². The molecule has 0 radical (unpaired) electrons. The average molecular weight is 395 g/mol. The second-order valence-electron chi connectivity index (χ2n) is 8.61. The van der Waals surface area contributed by atoms with E-state index >= 15 is 0 Å². The number of methoxy groups -OCH3 is 1. The van der Waals surface area contributed by atoms with Crippen LogP contribution < -0.4 is 9.64 Å². The Bertz CT molecular complexity index is 1170. The number of ether oxygens (including phenoxy) is 1. The predicted molar refractivity (Wildman–Crippen MR) is 114 cm³/mol. The van der Waals surface area contributed by atoms with Gasteiger partial charge in [0.2, 0.25) is 11.8 Å². The Morgan fingerprint density at radius 2 is 1.33 bits per heavy atom. The van der Waals surface area contributed by atoms with E-state index in [1.54, 1.807) is 31.4 Å². The molecule has 2 bridgehead atoms. The molecule has 2 amide bonds. The fourth-order valence-corrected chi connectivity index (χ4v) is 6.09. The lowest BCUT2D eigenvalue weighted by molar-refractivity contribution is -0.128. The first-order valence-corrected chi connectivity index (χ1v) is 10.3. The summed E-state index contributed by atoms with van der Waals surface area (Å²) in [4.78, 5) is 29.1. The van der Waals surface area contributed by atoms with Crippen LogP contribution in [0.2, 0.25) is 0 Å². The molecule has 7 rings (SSSR count). The van der Waals surface area contributed by atoms with Gasteiger partial charge in [0, 0.05) is 11.8 Å². The van der Waals surface area contributed by atoms with Crippen LogP contribution in [0.25, 0.3) is 0 Å². The predicted octanol–water partition coefficient (Wildman–Crippen LogP) is 4.48. The number of benzene rings is 3. The molecular weight excluding hydrogens is 374 g/mol. The van der Waals surface area contributed by atoms with Crippen molar-refractivity contribution < 1.29 is 14.3 Å². The summed E-state index contributed by atoms with van der Waals surface area (Å²) in [7, 11) is 1.60. The van der Waals surface area contributed by atoms with E-state index in [4.69, 9.17) is 4.74 Å². The molecule has 3 aliphatic carbocycles. The van der Waals surface area contributed by atoms with Crippen LogP contribution in [0.15, 0.2) is 72.8 Å². The fraction of sp³-hybridized carbons (Fsp3) is 0.231. The van der Waals surface area contributed by atoms with Gasteiger partial charge in [-0.3, -0.25) is 9.59 Å². The molecule has 3 aromatic carbocycles. The number of hydrogen-bond acceptors (Lipinski definition) is 3. The number of anilines is 1. The first-order valence-electron chi connectivity index (χ1n) is 10.3. The van der Waals surface area contributed by atoms with Gasteiger partial charge in [-0.1, -0.05) is 48.5 Å². The van der Waals surface area contributed by atoms with Crippen molar-refractivity contribution in [3.8, 4) is 5.75 Å². The average Bonchev–Trinajstić information content (AvgIpc) is 2.99. The summed E-state index contributed by atoms with van der Waals surface area (Å²) in [6, 6.07) is 23.8. The van der Waals surface area contributed by atoms with E-state index in [1.165, 1.54) is 27.2 Å². The molecule has 1 saturated heterocycles. The van der Waals surface area contributed by atoms with Crippen molar-refractivity contribution in [1.29, 1.82) is 0 Å². The van der Waals surface area contributed by atoms with Gasteiger partial charge in [0.25, 0.3) is 0 Å². The van der Waals surface area contributed by atoms with Gasteiger partial charge < -0.3 is 4.74 Å². The van der Waals surface area contributed by atoms with Gasteiger partial charge in [-0.15, -0.1) is 0 Å². The number of hydrogen-bond donors (Lipinski definition) is 0. The molecule has 0 aromatic heterocycles. The van der Waals surface area contributed by atoms with Crippen LogP contribution in [0.4, 0.5) is 5.69 Å². The van der Waals surface area contributed by atoms with Crippen LogP contribution >= 0.6 is 0 Å². The largest absolute Gasteiger partial charge is 0.497 e. The Hall–Kier alpha value is -3.40. The number of imide groups is 1. The van der Waals surface area contributed by atoms with E-state index in [-0.39, 0.29) is 23.7 Å². The van der Waals surface area contributed by atoms with Gasteiger partial charge in [-0.2, -0.15) is 0 Å². The zero-order valence-electron chi connectivity index (χ0n) is 16.8. The summed E-state index contributed by atoms with van der Waals surface area (Å²) in [5, 5.41) is 0.